The molecule has 35 heavy (non-hydrogen) atoms. The van der Waals surface area contributed by atoms with Gasteiger partial charge in [-0.15, -0.1) is 0 Å². The van der Waals surface area contributed by atoms with Gasteiger partial charge in [-0.3, -0.25) is 4.79 Å². The molecule has 2 aliphatic rings. The number of carbonyl (C=O) groups is 1. The van der Waals surface area contributed by atoms with Crippen molar-refractivity contribution in [2.24, 2.45) is 5.92 Å². The van der Waals surface area contributed by atoms with Gasteiger partial charge in [-0.2, -0.15) is 0 Å². The molecule has 0 bridgehead atoms. The highest BCUT2D eigenvalue weighted by atomic mass is 16.5. The fraction of sp³-hybridized carbons (Fsp3) is 0.581. The maximum absolute atomic E-state index is 12.8. The third-order valence-corrected chi connectivity index (χ3v) is 8.42. The molecule has 1 saturated carbocycles. The van der Waals surface area contributed by atoms with E-state index in [1.54, 1.807) is 0 Å². The Morgan fingerprint density at radius 2 is 1.86 bits per heavy atom. The van der Waals surface area contributed by atoms with Gasteiger partial charge in [0.15, 0.2) is 0 Å². The normalized spacial score (nSPS) is 23.1. The number of amides is 1. The lowest BCUT2D eigenvalue weighted by Crippen LogP contribution is -2.50. The molecule has 4 heteroatoms. The number of carbonyl (C=O) groups excluding carboxylic acids is 1. The van der Waals surface area contributed by atoms with Gasteiger partial charge in [0.25, 0.3) is 5.91 Å². The summed E-state index contributed by atoms with van der Waals surface area (Å²) in [7, 11) is 0. The second-order valence-electron chi connectivity index (χ2n) is 11.9. The Kier molecular flexibility index (Phi) is 7.49. The largest absolute Gasteiger partial charge is 0.508 e. The van der Waals surface area contributed by atoms with Gasteiger partial charge >= 0.3 is 0 Å². The van der Waals surface area contributed by atoms with E-state index in [2.05, 4.69) is 46.0 Å². The zero-order valence-corrected chi connectivity index (χ0v) is 22.2. The van der Waals surface area contributed by atoms with Gasteiger partial charge in [-0.1, -0.05) is 64.7 Å². The predicted molar refractivity (Wildman–Crippen MR) is 142 cm³/mol. The summed E-state index contributed by atoms with van der Waals surface area (Å²) in [6, 6.07) is 13.7. The topological polar surface area (TPSA) is 58.6 Å². The fourth-order valence-electron chi connectivity index (χ4n) is 6.27. The molecule has 1 aliphatic heterocycles. The predicted octanol–water partition coefficient (Wildman–Crippen LogP) is 7.49. The minimum absolute atomic E-state index is 0.0232. The molecule has 0 aromatic heterocycles. The smallest absolute Gasteiger partial charge is 0.251 e. The summed E-state index contributed by atoms with van der Waals surface area (Å²) in [6.45, 7) is 11.1. The first-order chi connectivity index (χ1) is 16.6. The number of rotatable bonds is 8. The number of benzene rings is 2. The number of phenolic OH excluding ortho intramolecular Hbond substituents is 1. The van der Waals surface area contributed by atoms with E-state index in [0.717, 1.165) is 42.6 Å². The number of unbranched alkanes of at least 4 members (excludes halogenated alkanes) is 3. The number of hydrogen-bond acceptors (Lipinski definition) is 3. The molecule has 0 saturated heterocycles. The number of hydrogen-bond donors (Lipinski definition) is 2. The van der Waals surface area contributed by atoms with E-state index in [1.807, 2.05) is 36.4 Å². The standard InChI is InChI=1S/C31H43NO3/c1-6-7-8-12-17-30(2,3)22-18-26(33)28-24-20-23(32-29(34)21-13-10-9-11-14-21)15-16-25(24)31(4,5)35-27(28)19-22/h9-11,13-14,18-19,23-25,33H,6-8,12,15-17,20H2,1-5H3,(H,32,34)/t23?,24-,25-/m1/s1. The van der Waals surface area contributed by atoms with Gasteiger partial charge in [0, 0.05) is 23.1 Å². The third kappa shape index (κ3) is 5.52. The van der Waals surface area contributed by atoms with E-state index in [4.69, 9.17) is 4.74 Å². The third-order valence-electron chi connectivity index (χ3n) is 8.42. The molecule has 0 radical (unpaired) electrons. The molecule has 1 amide bonds. The SMILES string of the molecule is CCCCCCC(C)(C)c1cc(O)c2c(c1)OC(C)(C)[C@@H]1CCC(NC(=O)c3ccccc3)C[C@@H]21. The Morgan fingerprint density at radius 3 is 2.57 bits per heavy atom. The van der Waals surface area contributed by atoms with Crippen LogP contribution in [0.2, 0.25) is 0 Å². The van der Waals surface area contributed by atoms with Crippen LogP contribution >= 0.6 is 0 Å². The molecule has 3 atom stereocenters. The highest BCUT2D eigenvalue weighted by molar-refractivity contribution is 5.94. The summed E-state index contributed by atoms with van der Waals surface area (Å²) in [5, 5.41) is 14.6. The van der Waals surface area contributed by atoms with Crippen LogP contribution in [0.15, 0.2) is 42.5 Å². The number of phenols is 1. The van der Waals surface area contributed by atoms with Gasteiger partial charge < -0.3 is 15.2 Å². The van der Waals surface area contributed by atoms with Crippen molar-refractivity contribution in [3.05, 3.63) is 59.2 Å². The van der Waals surface area contributed by atoms with E-state index < -0.39 is 0 Å². The lowest BCUT2D eigenvalue weighted by molar-refractivity contribution is -0.0118. The lowest BCUT2D eigenvalue weighted by atomic mass is 9.65. The minimum Gasteiger partial charge on any atom is -0.508 e. The molecular weight excluding hydrogens is 434 g/mol. The summed E-state index contributed by atoms with van der Waals surface area (Å²) in [4.78, 5) is 12.8. The fourth-order valence-corrected chi connectivity index (χ4v) is 6.27. The zero-order chi connectivity index (χ0) is 25.2. The van der Waals surface area contributed by atoms with Crippen molar-refractivity contribution in [2.45, 2.75) is 109 Å². The Morgan fingerprint density at radius 1 is 1.11 bits per heavy atom. The van der Waals surface area contributed by atoms with Gasteiger partial charge in [0.05, 0.1) is 0 Å². The van der Waals surface area contributed by atoms with Crippen LogP contribution in [0.25, 0.3) is 0 Å². The maximum atomic E-state index is 12.8. The number of nitrogens with one attached hydrogen (secondary N) is 1. The monoisotopic (exact) mass is 477 g/mol. The van der Waals surface area contributed by atoms with Crippen molar-refractivity contribution >= 4 is 5.91 Å². The van der Waals surface area contributed by atoms with Crippen LogP contribution in [0, 0.1) is 5.92 Å². The second kappa shape index (κ2) is 10.2. The first-order valence-electron chi connectivity index (χ1n) is 13.5. The van der Waals surface area contributed by atoms with Gasteiger partial charge in [0.2, 0.25) is 0 Å². The van der Waals surface area contributed by atoms with Crippen LogP contribution in [0.3, 0.4) is 0 Å². The van der Waals surface area contributed by atoms with Crippen molar-refractivity contribution < 1.29 is 14.6 Å². The van der Waals surface area contributed by atoms with Crippen LogP contribution in [-0.4, -0.2) is 22.7 Å². The molecule has 190 valence electrons. The van der Waals surface area contributed by atoms with E-state index >= 15 is 0 Å². The summed E-state index contributed by atoms with van der Waals surface area (Å²) < 4.78 is 6.59. The summed E-state index contributed by atoms with van der Waals surface area (Å²) in [6.07, 6.45) is 8.74. The molecule has 1 aliphatic carbocycles. The summed E-state index contributed by atoms with van der Waals surface area (Å²) in [5.74, 6) is 1.61. The molecule has 4 nitrogen and oxygen atoms in total. The quantitative estimate of drug-likeness (QED) is 0.387. The number of fused-ring (bicyclic) bond motifs is 3. The molecule has 1 unspecified atom stereocenters. The highest BCUT2D eigenvalue weighted by Crippen LogP contribution is 2.55. The molecule has 0 spiro atoms. The van der Waals surface area contributed by atoms with Crippen molar-refractivity contribution in [2.75, 3.05) is 0 Å². The van der Waals surface area contributed by atoms with Crippen LogP contribution in [0.4, 0.5) is 0 Å². The van der Waals surface area contributed by atoms with Crippen molar-refractivity contribution in [1.82, 2.24) is 5.32 Å². The van der Waals surface area contributed by atoms with Crippen LogP contribution in [-0.2, 0) is 5.41 Å². The summed E-state index contributed by atoms with van der Waals surface area (Å²) in [5.41, 5.74) is 2.42. The van der Waals surface area contributed by atoms with E-state index in [9.17, 15) is 9.90 Å². The average molecular weight is 478 g/mol. The molecule has 1 heterocycles. The maximum Gasteiger partial charge on any atom is 0.251 e. The Balaban J connectivity index is 1.57. The van der Waals surface area contributed by atoms with E-state index in [0.29, 0.717) is 17.2 Å². The Hall–Kier alpha value is -2.49. The molecule has 4 rings (SSSR count). The van der Waals surface area contributed by atoms with Gasteiger partial charge in [-0.05, 0) is 80.7 Å². The van der Waals surface area contributed by atoms with E-state index in [-0.39, 0.29) is 28.9 Å². The zero-order valence-electron chi connectivity index (χ0n) is 22.2. The average Bonchev–Trinajstić information content (AvgIpc) is 2.81. The van der Waals surface area contributed by atoms with Crippen LogP contribution in [0.1, 0.15) is 113 Å². The van der Waals surface area contributed by atoms with Gasteiger partial charge in [0.1, 0.15) is 17.1 Å². The van der Waals surface area contributed by atoms with Crippen molar-refractivity contribution in [3.63, 3.8) is 0 Å². The first kappa shape index (κ1) is 25.6. The van der Waals surface area contributed by atoms with Gasteiger partial charge in [-0.25, -0.2) is 0 Å². The number of ether oxygens (including phenoxy) is 1. The highest BCUT2D eigenvalue weighted by Gasteiger charge is 2.48. The molecular formula is C31H43NO3. The van der Waals surface area contributed by atoms with Crippen LogP contribution in [0.5, 0.6) is 11.5 Å². The minimum atomic E-state index is -0.317. The second-order valence-corrected chi connectivity index (χ2v) is 11.9. The van der Waals surface area contributed by atoms with Crippen molar-refractivity contribution in [1.29, 1.82) is 0 Å². The number of aromatic hydroxyl groups is 1. The molecule has 1 fully saturated rings. The van der Waals surface area contributed by atoms with Crippen molar-refractivity contribution in [3.8, 4) is 11.5 Å². The van der Waals surface area contributed by atoms with Crippen LogP contribution < -0.4 is 10.1 Å². The summed E-state index contributed by atoms with van der Waals surface area (Å²) >= 11 is 0. The molecule has 2 N–H and O–H groups in total. The molecule has 2 aromatic rings. The Bertz CT molecular complexity index is 1030. The first-order valence-corrected chi connectivity index (χ1v) is 13.5. The molecule has 2 aromatic carbocycles. The Labute approximate surface area is 211 Å². The lowest BCUT2D eigenvalue weighted by Gasteiger charge is -2.49. The van der Waals surface area contributed by atoms with E-state index in [1.165, 1.54) is 25.7 Å².